The number of fused-ring (bicyclic) bond motifs is 1. The van der Waals surface area contributed by atoms with Gasteiger partial charge in [-0.25, -0.2) is 0 Å². The third kappa shape index (κ3) is 1.16. The fraction of sp³-hybridized carbons (Fsp3) is 0.111. The topological polar surface area (TPSA) is 58.6 Å². The summed E-state index contributed by atoms with van der Waals surface area (Å²) in [5.41, 5.74) is 0.574. The summed E-state index contributed by atoms with van der Waals surface area (Å²) in [6.07, 6.45) is 0. The molecule has 0 atom stereocenters. The molecule has 1 heterocycles. The molecule has 0 saturated carbocycles. The molecule has 0 saturated heterocycles. The predicted octanol–water partition coefficient (Wildman–Crippen LogP) is 1.43. The van der Waals surface area contributed by atoms with Gasteiger partial charge in [0.05, 0.1) is 0 Å². The smallest absolute Gasteiger partial charge is 0.143 e. The minimum Gasteiger partial charge on any atom is -0.410 e. The molecule has 1 aromatic carbocycles. The average molecular weight is 176 g/mol. The highest BCUT2D eigenvalue weighted by Gasteiger charge is 2.03. The van der Waals surface area contributed by atoms with Gasteiger partial charge in [-0.15, -0.1) is 0 Å². The van der Waals surface area contributed by atoms with Crippen LogP contribution in [0.2, 0.25) is 0 Å². The molecule has 4 nitrogen and oxygen atoms in total. The van der Waals surface area contributed by atoms with Crippen LogP contribution in [0.4, 0.5) is 0 Å². The van der Waals surface area contributed by atoms with Crippen LogP contribution in [-0.2, 0) is 0 Å². The van der Waals surface area contributed by atoms with Crippen molar-refractivity contribution in [3.05, 3.63) is 35.4 Å². The summed E-state index contributed by atoms with van der Waals surface area (Å²) in [5, 5.41) is 16.9. The number of hydrogen-bond acceptors (Lipinski definition) is 4. The van der Waals surface area contributed by atoms with Crippen molar-refractivity contribution in [2.45, 2.75) is 6.92 Å². The molecule has 0 unspecified atom stereocenters. The number of aromatic nitrogens is 1. The lowest BCUT2D eigenvalue weighted by molar-refractivity contribution is 0.302. The Morgan fingerprint density at radius 1 is 1.38 bits per heavy atom. The maximum atomic E-state index is 8.70. The Bertz CT molecular complexity index is 502. The van der Waals surface area contributed by atoms with Crippen molar-refractivity contribution >= 4 is 10.9 Å². The second-order valence-electron chi connectivity index (χ2n) is 2.70. The number of aryl methyl sites for hydroxylation is 1. The van der Waals surface area contributed by atoms with Gasteiger partial charge in [-0.05, 0) is 19.1 Å². The predicted molar refractivity (Wildman–Crippen MR) is 46.1 cm³/mol. The van der Waals surface area contributed by atoms with E-state index < -0.39 is 0 Å². The third-order valence-corrected chi connectivity index (χ3v) is 1.89. The highest BCUT2D eigenvalue weighted by molar-refractivity contribution is 5.78. The zero-order valence-corrected chi connectivity index (χ0v) is 7.06. The van der Waals surface area contributed by atoms with Crippen LogP contribution < -0.4 is 5.36 Å². The highest BCUT2D eigenvalue weighted by atomic mass is 16.5. The van der Waals surface area contributed by atoms with Crippen molar-refractivity contribution < 1.29 is 9.73 Å². The van der Waals surface area contributed by atoms with E-state index in [1.807, 2.05) is 19.1 Å². The van der Waals surface area contributed by atoms with E-state index in [4.69, 9.17) is 9.73 Å². The monoisotopic (exact) mass is 176 g/mol. The largest absolute Gasteiger partial charge is 0.410 e. The van der Waals surface area contributed by atoms with E-state index in [2.05, 4.69) is 10.3 Å². The number of nitrogens with zero attached hydrogens (tertiary/aromatic N) is 2. The average Bonchev–Trinajstić information content (AvgIpc) is 2.39. The molecule has 1 N–H and O–H groups in total. The second-order valence-corrected chi connectivity index (χ2v) is 2.70. The van der Waals surface area contributed by atoms with Crippen LogP contribution in [0.5, 0.6) is 0 Å². The molecule has 0 spiro atoms. The van der Waals surface area contributed by atoms with Crippen molar-refractivity contribution in [2.75, 3.05) is 0 Å². The summed E-state index contributed by atoms with van der Waals surface area (Å²) in [6.45, 7) is 1.82. The summed E-state index contributed by atoms with van der Waals surface area (Å²) in [5.74, 6) is 0.719. The molecular weight excluding hydrogens is 168 g/mol. The summed E-state index contributed by atoms with van der Waals surface area (Å²) in [4.78, 5) is 0. The van der Waals surface area contributed by atoms with Crippen LogP contribution in [0.25, 0.3) is 10.9 Å². The Morgan fingerprint density at radius 2 is 2.15 bits per heavy atom. The fourth-order valence-electron chi connectivity index (χ4n) is 1.22. The van der Waals surface area contributed by atoms with Gasteiger partial charge in [0.15, 0.2) is 0 Å². The molecule has 13 heavy (non-hydrogen) atoms. The lowest BCUT2D eigenvalue weighted by atomic mass is 10.3. The lowest BCUT2D eigenvalue weighted by Gasteiger charge is -1.77. The molecule has 0 aliphatic rings. The van der Waals surface area contributed by atoms with Crippen LogP contribution in [0, 0.1) is 6.92 Å². The molecule has 0 aliphatic heterocycles. The zero-order chi connectivity index (χ0) is 9.26. The Hall–Kier alpha value is -1.84. The first-order valence-electron chi connectivity index (χ1n) is 3.86. The van der Waals surface area contributed by atoms with Gasteiger partial charge in [0.1, 0.15) is 16.6 Å². The Morgan fingerprint density at radius 3 is 2.92 bits per heavy atom. The molecule has 0 fully saturated rings. The Balaban J connectivity index is 3.05. The molecular formula is C9H8N2O2. The van der Waals surface area contributed by atoms with E-state index in [0.717, 1.165) is 11.1 Å². The Kier molecular flexibility index (Phi) is 1.73. The molecule has 0 radical (unpaired) electrons. The molecule has 0 aliphatic carbocycles. The Labute approximate surface area is 74.1 Å². The van der Waals surface area contributed by atoms with Crippen molar-refractivity contribution in [1.82, 2.24) is 5.16 Å². The summed E-state index contributed by atoms with van der Waals surface area (Å²) in [6, 6.07) is 7.18. The molecule has 0 amide bonds. The quantitative estimate of drug-likeness (QED) is 0.488. The number of hydrogen-bond donors (Lipinski definition) is 1. The molecule has 2 rings (SSSR count). The summed E-state index contributed by atoms with van der Waals surface area (Å²) >= 11 is 0. The normalized spacial score (nSPS) is 12.2. The van der Waals surface area contributed by atoms with E-state index in [-0.39, 0.29) is 0 Å². The van der Waals surface area contributed by atoms with Crippen molar-refractivity contribution in [2.24, 2.45) is 5.16 Å². The maximum absolute atomic E-state index is 8.70. The standard InChI is InChI=1S/C9H8N2O2/c1-6-7-4-2-3-5-8(10-12)9(7)11-13-6/h2-5,12H,1H3. The summed E-state index contributed by atoms with van der Waals surface area (Å²) in [7, 11) is 0. The molecule has 0 bridgehead atoms. The molecule has 4 heteroatoms. The fourth-order valence-corrected chi connectivity index (χ4v) is 1.22. The molecule has 2 aromatic rings. The second kappa shape index (κ2) is 2.90. The van der Waals surface area contributed by atoms with Gasteiger partial charge in [0.2, 0.25) is 0 Å². The van der Waals surface area contributed by atoms with E-state index >= 15 is 0 Å². The lowest BCUT2D eigenvalue weighted by Crippen LogP contribution is -1.98. The van der Waals surface area contributed by atoms with Gasteiger partial charge in [0, 0.05) is 5.39 Å². The van der Waals surface area contributed by atoms with E-state index in [1.54, 1.807) is 12.1 Å². The van der Waals surface area contributed by atoms with Gasteiger partial charge < -0.3 is 9.73 Å². The first-order valence-corrected chi connectivity index (χ1v) is 3.86. The van der Waals surface area contributed by atoms with E-state index in [1.165, 1.54) is 0 Å². The van der Waals surface area contributed by atoms with Gasteiger partial charge in [-0.3, -0.25) is 0 Å². The maximum Gasteiger partial charge on any atom is 0.143 e. The molecule has 1 aromatic heterocycles. The van der Waals surface area contributed by atoms with Crippen LogP contribution >= 0.6 is 0 Å². The first kappa shape index (κ1) is 7.79. The number of rotatable bonds is 0. The van der Waals surface area contributed by atoms with Gasteiger partial charge in [-0.2, -0.15) is 0 Å². The van der Waals surface area contributed by atoms with Crippen LogP contribution in [-0.4, -0.2) is 10.4 Å². The van der Waals surface area contributed by atoms with Gasteiger partial charge >= 0.3 is 0 Å². The zero-order valence-electron chi connectivity index (χ0n) is 7.06. The van der Waals surface area contributed by atoms with Crippen molar-refractivity contribution in [3.63, 3.8) is 0 Å². The summed E-state index contributed by atoms with van der Waals surface area (Å²) < 4.78 is 4.98. The van der Waals surface area contributed by atoms with Gasteiger partial charge in [0.25, 0.3) is 0 Å². The first-order chi connectivity index (χ1) is 6.33. The molecule has 66 valence electrons. The van der Waals surface area contributed by atoms with E-state index in [9.17, 15) is 0 Å². The minimum absolute atomic E-state index is 0.414. The highest BCUT2D eigenvalue weighted by Crippen LogP contribution is 2.11. The van der Waals surface area contributed by atoms with Crippen molar-refractivity contribution in [3.8, 4) is 0 Å². The van der Waals surface area contributed by atoms with Crippen molar-refractivity contribution in [1.29, 1.82) is 0 Å². The van der Waals surface area contributed by atoms with E-state index in [0.29, 0.717) is 10.9 Å². The third-order valence-electron chi connectivity index (χ3n) is 1.89. The van der Waals surface area contributed by atoms with Crippen LogP contribution in [0.3, 0.4) is 0 Å². The van der Waals surface area contributed by atoms with Crippen LogP contribution in [0.15, 0.2) is 33.9 Å². The van der Waals surface area contributed by atoms with Crippen LogP contribution in [0.1, 0.15) is 5.76 Å². The minimum atomic E-state index is 0.414. The van der Waals surface area contributed by atoms with Gasteiger partial charge in [-0.1, -0.05) is 22.4 Å². The SMILES string of the molecule is Cc1onc2c(=NO)ccccc12.